The quantitative estimate of drug-likeness (QED) is 0.615. The minimum absolute atomic E-state index is 0.00187. The van der Waals surface area contributed by atoms with Gasteiger partial charge in [-0.2, -0.15) is 0 Å². The van der Waals surface area contributed by atoms with Gasteiger partial charge in [0.15, 0.2) is 0 Å². The summed E-state index contributed by atoms with van der Waals surface area (Å²) in [7, 11) is 0. The number of non-ortho nitro benzene ring substituents is 1. The Morgan fingerprint density at radius 1 is 1.04 bits per heavy atom. The minimum atomic E-state index is -0.400. The molecular weight excluding hydrogens is 332 g/mol. The number of amides is 1. The zero-order valence-corrected chi connectivity index (χ0v) is 14.4. The van der Waals surface area contributed by atoms with E-state index in [4.69, 9.17) is 0 Å². The summed E-state index contributed by atoms with van der Waals surface area (Å²) in [6.45, 7) is 2.07. The molecule has 0 saturated carbocycles. The lowest BCUT2D eigenvalue weighted by Gasteiger charge is -2.32. The second-order valence-electron chi connectivity index (χ2n) is 6.41. The number of likely N-dealkylation sites (tertiary alicyclic amines) is 1. The molecule has 1 heterocycles. The first-order valence-corrected chi connectivity index (χ1v) is 8.68. The molecule has 26 heavy (non-hydrogen) atoms. The van der Waals surface area contributed by atoms with Crippen LogP contribution in [0.15, 0.2) is 54.6 Å². The van der Waals surface area contributed by atoms with Gasteiger partial charge in [-0.05, 0) is 37.1 Å². The summed E-state index contributed by atoms with van der Waals surface area (Å²) < 4.78 is 0. The smallest absolute Gasteiger partial charge is 0.269 e. The molecule has 0 aliphatic carbocycles. The molecule has 1 amide bonds. The number of hydrogen-bond donors (Lipinski definition) is 2. The molecule has 0 radical (unpaired) electrons. The van der Waals surface area contributed by atoms with E-state index in [2.05, 4.69) is 15.5 Å². The van der Waals surface area contributed by atoms with Gasteiger partial charge in [0.25, 0.3) is 5.69 Å². The van der Waals surface area contributed by atoms with Crippen molar-refractivity contribution >= 4 is 23.0 Å². The Labute approximate surface area is 152 Å². The molecule has 2 N–H and O–H groups in total. The van der Waals surface area contributed by atoms with Crippen molar-refractivity contribution in [2.75, 3.05) is 30.3 Å². The summed E-state index contributed by atoms with van der Waals surface area (Å²) in [6.07, 6.45) is 1.85. The van der Waals surface area contributed by atoms with E-state index in [0.29, 0.717) is 12.6 Å². The van der Waals surface area contributed by atoms with E-state index in [1.807, 2.05) is 30.3 Å². The molecule has 0 aromatic heterocycles. The van der Waals surface area contributed by atoms with E-state index in [9.17, 15) is 14.9 Å². The average molecular weight is 354 g/mol. The first-order chi connectivity index (χ1) is 12.6. The van der Waals surface area contributed by atoms with Gasteiger partial charge in [0, 0.05) is 42.6 Å². The highest BCUT2D eigenvalue weighted by molar-refractivity contribution is 5.92. The number of nitrogens with zero attached hydrogens (tertiary/aromatic N) is 2. The van der Waals surface area contributed by atoms with Gasteiger partial charge in [0.05, 0.1) is 11.5 Å². The van der Waals surface area contributed by atoms with E-state index in [-0.39, 0.29) is 11.6 Å². The highest BCUT2D eigenvalue weighted by atomic mass is 16.6. The first kappa shape index (κ1) is 17.9. The third-order valence-corrected chi connectivity index (χ3v) is 4.46. The van der Waals surface area contributed by atoms with Crippen LogP contribution in [0, 0.1) is 10.1 Å². The van der Waals surface area contributed by atoms with Gasteiger partial charge < -0.3 is 10.6 Å². The lowest BCUT2D eigenvalue weighted by molar-refractivity contribution is -0.384. The van der Waals surface area contributed by atoms with Crippen molar-refractivity contribution in [2.45, 2.75) is 18.9 Å². The van der Waals surface area contributed by atoms with E-state index < -0.39 is 4.92 Å². The lowest BCUT2D eigenvalue weighted by Crippen LogP contribution is -2.42. The Hall–Kier alpha value is -2.93. The number of rotatable bonds is 6. The van der Waals surface area contributed by atoms with Gasteiger partial charge in [-0.25, -0.2) is 0 Å². The molecule has 7 nitrogen and oxygen atoms in total. The number of piperidine rings is 1. The predicted molar refractivity (Wildman–Crippen MR) is 101 cm³/mol. The van der Waals surface area contributed by atoms with Crippen LogP contribution in [0.4, 0.5) is 17.1 Å². The van der Waals surface area contributed by atoms with Crippen LogP contribution in [0.2, 0.25) is 0 Å². The maximum atomic E-state index is 12.1. The van der Waals surface area contributed by atoms with Crippen molar-refractivity contribution in [2.24, 2.45) is 0 Å². The molecular formula is C19H22N4O3. The van der Waals surface area contributed by atoms with Crippen LogP contribution in [-0.4, -0.2) is 41.4 Å². The average Bonchev–Trinajstić information content (AvgIpc) is 2.64. The number of anilines is 2. The molecule has 1 fully saturated rings. The zero-order valence-electron chi connectivity index (χ0n) is 14.4. The molecule has 2 aromatic carbocycles. The summed E-state index contributed by atoms with van der Waals surface area (Å²) in [6, 6.07) is 16.2. The molecule has 1 saturated heterocycles. The van der Waals surface area contributed by atoms with Gasteiger partial charge in [-0.15, -0.1) is 0 Å². The van der Waals surface area contributed by atoms with Crippen LogP contribution < -0.4 is 10.6 Å². The van der Waals surface area contributed by atoms with Crippen molar-refractivity contribution in [3.05, 3.63) is 64.7 Å². The molecule has 0 spiro atoms. The number of para-hydroxylation sites is 1. The van der Waals surface area contributed by atoms with Gasteiger partial charge in [0.2, 0.25) is 5.91 Å². The Kier molecular flexibility index (Phi) is 5.80. The lowest BCUT2D eigenvalue weighted by atomic mass is 10.0. The summed E-state index contributed by atoms with van der Waals surface area (Å²) >= 11 is 0. The highest BCUT2D eigenvalue weighted by Gasteiger charge is 2.21. The molecule has 136 valence electrons. The van der Waals surface area contributed by atoms with Gasteiger partial charge in [-0.1, -0.05) is 18.2 Å². The summed E-state index contributed by atoms with van der Waals surface area (Å²) in [5, 5.41) is 17.0. The number of carbonyl (C=O) groups is 1. The van der Waals surface area contributed by atoms with E-state index in [1.165, 1.54) is 12.1 Å². The van der Waals surface area contributed by atoms with Gasteiger partial charge >= 0.3 is 0 Å². The number of benzene rings is 2. The zero-order chi connectivity index (χ0) is 18.4. The number of nitrogens with one attached hydrogen (secondary N) is 2. The van der Waals surface area contributed by atoms with Crippen molar-refractivity contribution < 1.29 is 9.72 Å². The Balaban J connectivity index is 1.42. The molecule has 0 atom stereocenters. The molecule has 3 rings (SSSR count). The molecule has 1 aliphatic heterocycles. The predicted octanol–water partition coefficient (Wildman–Crippen LogP) is 3.11. The van der Waals surface area contributed by atoms with Crippen LogP contribution in [0.3, 0.4) is 0 Å². The second-order valence-corrected chi connectivity index (χ2v) is 6.41. The van der Waals surface area contributed by atoms with Crippen LogP contribution >= 0.6 is 0 Å². The summed E-state index contributed by atoms with van der Waals surface area (Å²) in [4.78, 5) is 24.6. The Morgan fingerprint density at radius 3 is 2.31 bits per heavy atom. The number of carbonyl (C=O) groups excluding carboxylic acids is 1. The van der Waals surface area contributed by atoms with E-state index in [1.54, 1.807) is 12.1 Å². The van der Waals surface area contributed by atoms with Crippen LogP contribution in [-0.2, 0) is 4.79 Å². The topological polar surface area (TPSA) is 87.5 Å². The van der Waals surface area contributed by atoms with Crippen LogP contribution in [0.5, 0.6) is 0 Å². The van der Waals surface area contributed by atoms with Crippen molar-refractivity contribution in [1.29, 1.82) is 0 Å². The monoisotopic (exact) mass is 354 g/mol. The van der Waals surface area contributed by atoms with Crippen molar-refractivity contribution in [3.8, 4) is 0 Å². The van der Waals surface area contributed by atoms with Crippen molar-refractivity contribution in [3.63, 3.8) is 0 Å². The van der Waals surface area contributed by atoms with Gasteiger partial charge in [-0.3, -0.25) is 19.8 Å². The number of nitro benzene ring substituents is 1. The SMILES string of the molecule is O=C(CN1CCC(Nc2ccc([N+](=O)[O-])cc2)CC1)Nc1ccccc1. The first-order valence-electron chi connectivity index (χ1n) is 8.68. The van der Waals surface area contributed by atoms with E-state index in [0.717, 1.165) is 37.3 Å². The number of hydrogen-bond acceptors (Lipinski definition) is 5. The number of nitro groups is 1. The maximum absolute atomic E-state index is 12.1. The minimum Gasteiger partial charge on any atom is -0.382 e. The Morgan fingerprint density at radius 2 is 1.69 bits per heavy atom. The van der Waals surface area contributed by atoms with Crippen LogP contribution in [0.25, 0.3) is 0 Å². The standard InChI is InChI=1S/C19H22N4O3/c24-19(21-15-4-2-1-3-5-15)14-22-12-10-17(11-13-22)20-16-6-8-18(9-7-16)23(25)26/h1-9,17,20H,10-14H2,(H,21,24). The Bertz CT molecular complexity index is 741. The van der Waals surface area contributed by atoms with Crippen molar-refractivity contribution in [1.82, 2.24) is 4.90 Å². The fraction of sp³-hybridized carbons (Fsp3) is 0.316. The van der Waals surface area contributed by atoms with E-state index >= 15 is 0 Å². The molecule has 0 bridgehead atoms. The highest BCUT2D eigenvalue weighted by Crippen LogP contribution is 2.19. The molecule has 2 aromatic rings. The maximum Gasteiger partial charge on any atom is 0.269 e. The molecule has 0 unspecified atom stereocenters. The largest absolute Gasteiger partial charge is 0.382 e. The summed E-state index contributed by atoms with van der Waals surface area (Å²) in [5.74, 6) is -0.00187. The van der Waals surface area contributed by atoms with Gasteiger partial charge in [0.1, 0.15) is 0 Å². The molecule has 7 heteroatoms. The fourth-order valence-electron chi connectivity index (χ4n) is 3.08. The van der Waals surface area contributed by atoms with Crippen LogP contribution in [0.1, 0.15) is 12.8 Å². The fourth-order valence-corrected chi connectivity index (χ4v) is 3.08. The third kappa shape index (κ3) is 5.03. The third-order valence-electron chi connectivity index (χ3n) is 4.46. The summed E-state index contributed by atoms with van der Waals surface area (Å²) in [5.41, 5.74) is 1.79. The second kappa shape index (κ2) is 8.44. The normalized spacial score (nSPS) is 15.4. The molecule has 1 aliphatic rings.